The molecule has 9 heteroatoms. The summed E-state index contributed by atoms with van der Waals surface area (Å²) in [5, 5.41) is 0. The standard InChI is InChI=1S/C14H17NO3.C12H15NO.C3H6O3/c1-18-14(17)12-7-8-15(10-13(12)16)9-11-5-3-2-4-6-11;14-12-7-4-8-13(10-12)9-11-5-2-1-3-6-11;1-5-3(4)6-2/h2-6,12H,7-10H2,1H3;1-3,5-6H,4,7-10H2;1-2H3. The summed E-state index contributed by atoms with van der Waals surface area (Å²) in [6.07, 6.45) is 1.69. The molecular formula is C29H38N2O7. The molecule has 0 aliphatic carbocycles. The highest BCUT2D eigenvalue weighted by Gasteiger charge is 2.33. The Morgan fingerprint density at radius 1 is 0.763 bits per heavy atom. The first-order valence-corrected chi connectivity index (χ1v) is 12.6. The molecule has 2 aromatic carbocycles. The zero-order valence-electron chi connectivity index (χ0n) is 22.5. The SMILES string of the molecule is COC(=O)C1CCN(Cc2ccccc2)CC1=O.COC(=O)OC.O=C1CCCN(Cc2ccccc2)C1. The summed E-state index contributed by atoms with van der Waals surface area (Å²) >= 11 is 0. The van der Waals surface area contributed by atoms with Crippen LogP contribution < -0.4 is 0 Å². The first-order valence-electron chi connectivity index (χ1n) is 12.6. The Kier molecular flexibility index (Phi) is 13.8. The summed E-state index contributed by atoms with van der Waals surface area (Å²) in [6, 6.07) is 20.3. The molecule has 0 saturated carbocycles. The molecule has 0 bridgehead atoms. The largest absolute Gasteiger partial charge is 0.507 e. The van der Waals surface area contributed by atoms with Crippen molar-refractivity contribution in [2.45, 2.75) is 32.4 Å². The topological polar surface area (TPSA) is 102 Å². The number of nitrogens with zero attached hydrogens (tertiary/aromatic N) is 2. The lowest BCUT2D eigenvalue weighted by molar-refractivity contribution is -0.151. The van der Waals surface area contributed by atoms with Gasteiger partial charge in [-0.25, -0.2) is 4.79 Å². The molecule has 1 unspecified atom stereocenters. The first kappa shape index (κ1) is 30.7. The molecule has 38 heavy (non-hydrogen) atoms. The lowest BCUT2D eigenvalue weighted by Gasteiger charge is -2.29. The third-order valence-corrected chi connectivity index (χ3v) is 6.15. The fourth-order valence-electron chi connectivity index (χ4n) is 4.22. The highest BCUT2D eigenvalue weighted by molar-refractivity contribution is 6.00. The number of ketones is 2. The van der Waals surface area contributed by atoms with Gasteiger partial charge in [-0.15, -0.1) is 0 Å². The Labute approximate surface area is 224 Å². The number of benzene rings is 2. The number of Topliss-reactive ketones (excluding diaryl/α,β-unsaturated/α-hetero) is 2. The van der Waals surface area contributed by atoms with Gasteiger partial charge >= 0.3 is 12.1 Å². The number of piperidine rings is 2. The second-order valence-electron chi connectivity index (χ2n) is 9.02. The van der Waals surface area contributed by atoms with Crippen LogP contribution in [0, 0.1) is 5.92 Å². The molecule has 0 aromatic heterocycles. The molecule has 1 atom stereocenters. The minimum Gasteiger partial charge on any atom is -0.468 e. The maximum Gasteiger partial charge on any atom is 0.507 e. The molecule has 4 rings (SSSR count). The molecule has 0 spiro atoms. The molecule has 0 N–H and O–H groups in total. The number of hydrogen-bond donors (Lipinski definition) is 0. The summed E-state index contributed by atoms with van der Waals surface area (Å²) in [7, 11) is 3.84. The second-order valence-corrected chi connectivity index (χ2v) is 9.02. The summed E-state index contributed by atoms with van der Waals surface area (Å²) in [4.78, 5) is 48.5. The van der Waals surface area contributed by atoms with Crippen LogP contribution in [0.5, 0.6) is 0 Å². The van der Waals surface area contributed by atoms with Gasteiger partial charge in [-0.3, -0.25) is 24.2 Å². The van der Waals surface area contributed by atoms with Crippen molar-refractivity contribution in [3.05, 3.63) is 71.8 Å². The van der Waals surface area contributed by atoms with Gasteiger partial charge in [0.15, 0.2) is 5.78 Å². The third-order valence-electron chi connectivity index (χ3n) is 6.15. The van der Waals surface area contributed by atoms with Crippen LogP contribution in [0.15, 0.2) is 60.7 Å². The van der Waals surface area contributed by atoms with Crippen molar-refractivity contribution in [2.24, 2.45) is 5.92 Å². The molecule has 2 heterocycles. The van der Waals surface area contributed by atoms with Gasteiger partial charge in [0.2, 0.25) is 0 Å². The minimum absolute atomic E-state index is 0.0379. The van der Waals surface area contributed by atoms with Gasteiger partial charge in [0.05, 0.1) is 34.4 Å². The van der Waals surface area contributed by atoms with Gasteiger partial charge < -0.3 is 14.2 Å². The monoisotopic (exact) mass is 526 g/mol. The predicted molar refractivity (Wildman–Crippen MR) is 142 cm³/mol. The molecule has 2 aromatic rings. The van der Waals surface area contributed by atoms with Crippen molar-refractivity contribution in [2.75, 3.05) is 47.5 Å². The number of carbonyl (C=O) groups is 4. The number of ether oxygens (including phenoxy) is 3. The Morgan fingerprint density at radius 3 is 1.71 bits per heavy atom. The highest BCUT2D eigenvalue weighted by atomic mass is 16.7. The molecule has 0 radical (unpaired) electrons. The van der Waals surface area contributed by atoms with Crippen molar-refractivity contribution < 1.29 is 33.4 Å². The van der Waals surface area contributed by atoms with E-state index in [2.05, 4.69) is 36.1 Å². The Balaban J connectivity index is 0.000000225. The van der Waals surface area contributed by atoms with E-state index >= 15 is 0 Å². The zero-order valence-corrected chi connectivity index (χ0v) is 22.5. The maximum absolute atomic E-state index is 11.9. The van der Waals surface area contributed by atoms with Crippen molar-refractivity contribution in [3.63, 3.8) is 0 Å². The third kappa shape index (κ3) is 11.2. The van der Waals surface area contributed by atoms with Crippen LogP contribution in [0.1, 0.15) is 30.4 Å². The Morgan fingerprint density at radius 2 is 1.29 bits per heavy atom. The fraction of sp³-hybridized carbons (Fsp3) is 0.448. The molecule has 2 aliphatic heterocycles. The van der Waals surface area contributed by atoms with Gasteiger partial charge in [-0.05, 0) is 30.5 Å². The van der Waals surface area contributed by atoms with Gasteiger partial charge in [0, 0.05) is 26.1 Å². The van der Waals surface area contributed by atoms with E-state index in [1.807, 2.05) is 48.5 Å². The second kappa shape index (κ2) is 17.0. The summed E-state index contributed by atoms with van der Waals surface area (Å²) in [5.41, 5.74) is 2.48. The van der Waals surface area contributed by atoms with E-state index in [-0.39, 0.29) is 5.78 Å². The van der Waals surface area contributed by atoms with Crippen LogP contribution in [-0.4, -0.2) is 81.0 Å². The van der Waals surface area contributed by atoms with Gasteiger partial charge in [0.25, 0.3) is 0 Å². The van der Waals surface area contributed by atoms with Gasteiger partial charge in [0.1, 0.15) is 11.7 Å². The van der Waals surface area contributed by atoms with Crippen molar-refractivity contribution in [3.8, 4) is 0 Å². The number of esters is 1. The summed E-state index contributed by atoms with van der Waals surface area (Å²) < 4.78 is 12.7. The summed E-state index contributed by atoms with van der Waals surface area (Å²) in [5.74, 6) is -0.627. The molecule has 0 amide bonds. The first-order chi connectivity index (χ1) is 18.4. The van der Waals surface area contributed by atoms with E-state index in [0.717, 1.165) is 39.0 Å². The van der Waals surface area contributed by atoms with Crippen LogP contribution in [0.3, 0.4) is 0 Å². The highest BCUT2D eigenvalue weighted by Crippen LogP contribution is 2.17. The van der Waals surface area contributed by atoms with Gasteiger partial charge in [-0.2, -0.15) is 0 Å². The Hall–Kier alpha value is -3.56. The number of hydrogen-bond acceptors (Lipinski definition) is 9. The predicted octanol–water partition coefficient (Wildman–Crippen LogP) is 3.50. The molecule has 2 fully saturated rings. The lowest BCUT2D eigenvalue weighted by atomic mass is 9.95. The Bertz CT molecular complexity index is 1010. The minimum atomic E-state index is -0.657. The average Bonchev–Trinajstić information content (AvgIpc) is 2.94. The van der Waals surface area contributed by atoms with Crippen LogP contribution in [0.25, 0.3) is 0 Å². The quantitative estimate of drug-likeness (QED) is 0.428. The summed E-state index contributed by atoms with van der Waals surface area (Å²) in [6.45, 7) is 4.43. The molecule has 2 saturated heterocycles. The normalized spacial score (nSPS) is 17.7. The zero-order chi connectivity index (χ0) is 27.8. The van der Waals surface area contributed by atoms with Crippen LogP contribution >= 0.6 is 0 Å². The fourth-order valence-corrected chi connectivity index (χ4v) is 4.22. The van der Waals surface area contributed by atoms with Crippen molar-refractivity contribution in [1.29, 1.82) is 0 Å². The molecule has 9 nitrogen and oxygen atoms in total. The van der Waals surface area contributed by atoms with Crippen LogP contribution in [0.2, 0.25) is 0 Å². The van der Waals surface area contributed by atoms with Crippen molar-refractivity contribution >= 4 is 23.7 Å². The number of rotatable bonds is 5. The lowest BCUT2D eigenvalue weighted by Crippen LogP contribution is -2.43. The van der Waals surface area contributed by atoms with E-state index in [4.69, 9.17) is 0 Å². The van der Waals surface area contributed by atoms with E-state index in [1.165, 1.54) is 32.5 Å². The van der Waals surface area contributed by atoms with Gasteiger partial charge in [-0.1, -0.05) is 60.7 Å². The van der Waals surface area contributed by atoms with E-state index in [1.54, 1.807) is 0 Å². The molecular weight excluding hydrogens is 488 g/mol. The number of likely N-dealkylation sites (tertiary alicyclic amines) is 2. The van der Waals surface area contributed by atoms with Crippen molar-refractivity contribution in [1.82, 2.24) is 9.80 Å². The van der Waals surface area contributed by atoms with Crippen LogP contribution in [-0.2, 0) is 41.7 Å². The number of carbonyl (C=O) groups excluding carboxylic acids is 4. The van der Waals surface area contributed by atoms with E-state index < -0.39 is 18.0 Å². The molecule has 206 valence electrons. The number of methoxy groups -OCH3 is 3. The maximum atomic E-state index is 11.9. The molecule has 2 aliphatic rings. The van der Waals surface area contributed by atoms with E-state index in [9.17, 15) is 19.2 Å². The average molecular weight is 527 g/mol. The van der Waals surface area contributed by atoms with Crippen LogP contribution in [0.4, 0.5) is 4.79 Å². The smallest absolute Gasteiger partial charge is 0.468 e. The van der Waals surface area contributed by atoms with E-state index in [0.29, 0.717) is 25.3 Å².